The molecule has 0 saturated carbocycles. The minimum atomic E-state index is 0.306. The van der Waals surface area contributed by atoms with E-state index in [0.717, 1.165) is 35.9 Å². The molecule has 0 saturated heterocycles. The number of aromatic amines is 1. The molecule has 0 aliphatic carbocycles. The molecule has 0 fully saturated rings. The molecule has 0 spiro atoms. The Kier molecular flexibility index (Phi) is 4.40. The van der Waals surface area contributed by atoms with Crippen LogP contribution in [0.1, 0.15) is 24.0 Å². The van der Waals surface area contributed by atoms with E-state index in [4.69, 9.17) is 0 Å². The maximum absolute atomic E-state index is 10.0. The lowest BCUT2D eigenvalue weighted by Crippen LogP contribution is -2.32. The topological polar surface area (TPSA) is 48.0 Å². The Labute approximate surface area is 147 Å². The van der Waals surface area contributed by atoms with E-state index in [0.29, 0.717) is 11.8 Å². The van der Waals surface area contributed by atoms with Crippen molar-refractivity contribution in [1.82, 2.24) is 10.3 Å². The molecule has 0 amide bonds. The summed E-state index contributed by atoms with van der Waals surface area (Å²) in [6.45, 7) is 0.914. The van der Waals surface area contributed by atoms with E-state index in [1.165, 1.54) is 11.1 Å². The molecule has 1 aliphatic rings. The van der Waals surface area contributed by atoms with Crippen molar-refractivity contribution >= 4 is 22.6 Å². The number of rotatable bonds is 4. The number of aromatic hydroxyl groups is 1. The number of aromatic nitrogens is 1. The molecule has 0 radical (unpaired) electrons. The maximum atomic E-state index is 10.0. The van der Waals surface area contributed by atoms with Gasteiger partial charge in [0.05, 0.1) is 0 Å². The van der Waals surface area contributed by atoms with E-state index in [1.807, 2.05) is 18.2 Å². The van der Waals surface area contributed by atoms with Gasteiger partial charge in [-0.05, 0) is 35.6 Å². The molecule has 2 heterocycles. The van der Waals surface area contributed by atoms with Gasteiger partial charge in [0.1, 0.15) is 5.75 Å². The summed E-state index contributed by atoms with van der Waals surface area (Å²) in [5, 5.41) is 14.5. The Balaban J connectivity index is 1.45. The van der Waals surface area contributed by atoms with Crippen molar-refractivity contribution in [3.05, 3.63) is 78.0 Å². The highest BCUT2D eigenvalue weighted by molar-refractivity contribution is 5.93. The molecule has 126 valence electrons. The van der Waals surface area contributed by atoms with E-state index >= 15 is 0 Å². The molecular formula is C22H22N2O. The SMILES string of the molecule is Oc1c[nH]c2cccc(/C=C/CC3CC(c4ccccc4)=CCN3)c12. The first-order valence-electron chi connectivity index (χ1n) is 8.75. The highest BCUT2D eigenvalue weighted by Gasteiger charge is 2.14. The van der Waals surface area contributed by atoms with E-state index in [2.05, 4.69) is 58.9 Å². The van der Waals surface area contributed by atoms with Crippen molar-refractivity contribution < 1.29 is 5.11 Å². The predicted molar refractivity (Wildman–Crippen MR) is 104 cm³/mol. The zero-order chi connectivity index (χ0) is 17.1. The van der Waals surface area contributed by atoms with Crippen molar-refractivity contribution in [2.24, 2.45) is 0 Å². The summed E-state index contributed by atoms with van der Waals surface area (Å²) >= 11 is 0. The van der Waals surface area contributed by atoms with Gasteiger partial charge in [0.2, 0.25) is 0 Å². The monoisotopic (exact) mass is 330 g/mol. The highest BCUT2D eigenvalue weighted by Crippen LogP contribution is 2.29. The van der Waals surface area contributed by atoms with Crippen molar-refractivity contribution in [3.8, 4) is 5.75 Å². The van der Waals surface area contributed by atoms with Gasteiger partial charge in [-0.3, -0.25) is 0 Å². The summed E-state index contributed by atoms with van der Waals surface area (Å²) in [6, 6.07) is 17.1. The van der Waals surface area contributed by atoms with Gasteiger partial charge in [0.15, 0.2) is 0 Å². The van der Waals surface area contributed by atoms with Crippen LogP contribution >= 0.6 is 0 Å². The molecule has 3 nitrogen and oxygen atoms in total. The molecule has 0 bridgehead atoms. The lowest BCUT2D eigenvalue weighted by Gasteiger charge is -2.23. The van der Waals surface area contributed by atoms with Crippen LogP contribution in [0.25, 0.3) is 22.6 Å². The lowest BCUT2D eigenvalue weighted by atomic mass is 9.93. The van der Waals surface area contributed by atoms with Gasteiger partial charge in [-0.1, -0.05) is 60.7 Å². The first-order valence-corrected chi connectivity index (χ1v) is 8.75. The van der Waals surface area contributed by atoms with Crippen LogP contribution in [0, 0.1) is 0 Å². The van der Waals surface area contributed by atoms with Gasteiger partial charge >= 0.3 is 0 Å². The molecule has 1 aliphatic heterocycles. The fourth-order valence-corrected chi connectivity index (χ4v) is 3.52. The van der Waals surface area contributed by atoms with Crippen LogP contribution in [0.3, 0.4) is 0 Å². The number of hydrogen-bond donors (Lipinski definition) is 3. The van der Waals surface area contributed by atoms with E-state index < -0.39 is 0 Å². The molecule has 3 heteroatoms. The number of benzene rings is 2. The van der Waals surface area contributed by atoms with Gasteiger partial charge in [-0.15, -0.1) is 0 Å². The average Bonchev–Trinajstić information content (AvgIpc) is 3.05. The molecule has 3 N–H and O–H groups in total. The van der Waals surface area contributed by atoms with E-state index in [9.17, 15) is 5.11 Å². The second kappa shape index (κ2) is 6.99. The molecule has 3 aromatic rings. The van der Waals surface area contributed by atoms with Crippen molar-refractivity contribution in [2.45, 2.75) is 18.9 Å². The van der Waals surface area contributed by atoms with Crippen LogP contribution in [-0.2, 0) is 0 Å². The summed E-state index contributed by atoms with van der Waals surface area (Å²) in [6.07, 6.45) is 10.2. The van der Waals surface area contributed by atoms with Gasteiger partial charge in [-0.2, -0.15) is 0 Å². The van der Waals surface area contributed by atoms with Crippen LogP contribution in [0.5, 0.6) is 5.75 Å². The molecule has 25 heavy (non-hydrogen) atoms. The molecule has 4 rings (SSSR count). The van der Waals surface area contributed by atoms with E-state index in [-0.39, 0.29) is 0 Å². The Hall–Kier alpha value is -2.78. The third-order valence-corrected chi connectivity index (χ3v) is 4.80. The van der Waals surface area contributed by atoms with Crippen LogP contribution < -0.4 is 5.32 Å². The quantitative estimate of drug-likeness (QED) is 0.648. The summed E-state index contributed by atoms with van der Waals surface area (Å²) in [5.41, 5.74) is 4.75. The number of hydrogen-bond acceptors (Lipinski definition) is 2. The van der Waals surface area contributed by atoms with Gasteiger partial charge < -0.3 is 15.4 Å². The second-order valence-corrected chi connectivity index (χ2v) is 6.49. The van der Waals surface area contributed by atoms with Crippen LogP contribution in [0.15, 0.2) is 66.9 Å². The fraction of sp³-hybridized carbons (Fsp3) is 0.182. The summed E-state index contributed by atoms with van der Waals surface area (Å²) in [5.74, 6) is 0.306. The third-order valence-electron chi connectivity index (χ3n) is 4.80. The summed E-state index contributed by atoms with van der Waals surface area (Å²) in [4.78, 5) is 3.09. The maximum Gasteiger partial charge on any atom is 0.141 e. The number of fused-ring (bicyclic) bond motifs is 1. The minimum absolute atomic E-state index is 0.306. The zero-order valence-corrected chi connectivity index (χ0v) is 14.1. The Morgan fingerprint density at radius 3 is 2.84 bits per heavy atom. The van der Waals surface area contributed by atoms with Gasteiger partial charge in [-0.25, -0.2) is 0 Å². The lowest BCUT2D eigenvalue weighted by molar-refractivity contribution is 0.481. The molecular weight excluding hydrogens is 308 g/mol. The average molecular weight is 330 g/mol. The van der Waals surface area contributed by atoms with Gasteiger partial charge in [0, 0.05) is 29.7 Å². The molecule has 1 atom stereocenters. The minimum Gasteiger partial charge on any atom is -0.506 e. The van der Waals surface area contributed by atoms with Crippen LogP contribution in [0.2, 0.25) is 0 Å². The molecule has 1 aromatic heterocycles. The highest BCUT2D eigenvalue weighted by atomic mass is 16.3. The number of nitrogens with one attached hydrogen (secondary N) is 2. The van der Waals surface area contributed by atoms with Crippen molar-refractivity contribution in [3.63, 3.8) is 0 Å². The summed E-state index contributed by atoms with van der Waals surface area (Å²) < 4.78 is 0. The Bertz CT molecular complexity index is 922. The first-order chi connectivity index (χ1) is 12.3. The normalized spacial score (nSPS) is 17.9. The van der Waals surface area contributed by atoms with Crippen LogP contribution in [0.4, 0.5) is 0 Å². The summed E-state index contributed by atoms with van der Waals surface area (Å²) in [7, 11) is 0. The Morgan fingerprint density at radius 2 is 1.96 bits per heavy atom. The molecule has 1 unspecified atom stereocenters. The smallest absolute Gasteiger partial charge is 0.141 e. The second-order valence-electron chi connectivity index (χ2n) is 6.49. The van der Waals surface area contributed by atoms with Gasteiger partial charge in [0.25, 0.3) is 0 Å². The number of H-pyrrole nitrogens is 1. The van der Waals surface area contributed by atoms with Crippen LogP contribution in [-0.4, -0.2) is 22.7 Å². The first kappa shape index (κ1) is 15.7. The predicted octanol–water partition coefficient (Wildman–Crippen LogP) is 4.72. The zero-order valence-electron chi connectivity index (χ0n) is 14.1. The largest absolute Gasteiger partial charge is 0.506 e. The van der Waals surface area contributed by atoms with Crippen molar-refractivity contribution in [1.29, 1.82) is 0 Å². The van der Waals surface area contributed by atoms with E-state index in [1.54, 1.807) is 6.20 Å². The fourth-order valence-electron chi connectivity index (χ4n) is 3.52. The third kappa shape index (κ3) is 3.37. The van der Waals surface area contributed by atoms with Crippen molar-refractivity contribution in [2.75, 3.05) is 6.54 Å². The standard InChI is InChI=1S/C22H22N2O/c25-21-15-24-20-11-5-9-17(22(20)21)8-4-10-19-14-18(12-13-23-19)16-6-2-1-3-7-16/h1-9,11-12,15,19,23-25H,10,13-14H2/b8-4+. The molecule has 2 aromatic carbocycles. The Morgan fingerprint density at radius 1 is 1.08 bits per heavy atom.